The fraction of sp³-hybridized carbons (Fsp3) is 0.448. The molecule has 0 saturated heterocycles. The summed E-state index contributed by atoms with van der Waals surface area (Å²) in [5, 5.41) is 6.57. The number of rotatable bonds is 7. The maximum Gasteiger partial charge on any atom is 0.418 e. The van der Waals surface area contributed by atoms with Crippen molar-refractivity contribution >= 4 is 32.1 Å². The van der Waals surface area contributed by atoms with Crippen LogP contribution in [-0.2, 0) is 22.6 Å². The van der Waals surface area contributed by atoms with Gasteiger partial charge in [-0.05, 0) is 82.1 Å². The first-order valence-electron chi connectivity index (χ1n) is 13.3. The maximum atomic E-state index is 13.6. The van der Waals surface area contributed by atoms with Gasteiger partial charge in [0.1, 0.15) is 6.54 Å². The lowest BCUT2D eigenvalue weighted by Crippen LogP contribution is -2.36. The van der Waals surface area contributed by atoms with Crippen molar-refractivity contribution in [2.45, 2.75) is 61.6 Å². The Balaban J connectivity index is 1.60. The van der Waals surface area contributed by atoms with E-state index in [-0.39, 0.29) is 18.3 Å². The monoisotopic (exact) mass is 614 g/mol. The van der Waals surface area contributed by atoms with Crippen LogP contribution in [0.3, 0.4) is 0 Å². The summed E-state index contributed by atoms with van der Waals surface area (Å²) in [4.78, 5) is 1.71. The predicted octanol–water partition coefficient (Wildman–Crippen LogP) is 6.37. The van der Waals surface area contributed by atoms with Crippen LogP contribution in [0.25, 0.3) is 10.9 Å². The molecule has 13 heteroatoms. The van der Waals surface area contributed by atoms with Crippen LogP contribution in [0.4, 0.5) is 37.7 Å². The number of hydrogen-bond donors (Lipinski definition) is 2. The molecule has 1 aromatic heterocycles. The van der Waals surface area contributed by atoms with Gasteiger partial charge >= 0.3 is 12.4 Å². The second-order valence-electron chi connectivity index (χ2n) is 10.7. The number of benzene rings is 2. The number of anilines is 2. The number of halogens is 6. The third-order valence-corrected chi connectivity index (χ3v) is 8.49. The van der Waals surface area contributed by atoms with E-state index in [0.717, 1.165) is 48.6 Å². The Morgan fingerprint density at radius 3 is 2.26 bits per heavy atom. The molecule has 0 amide bonds. The van der Waals surface area contributed by atoms with Crippen LogP contribution < -0.4 is 10.6 Å². The first kappa shape index (κ1) is 31.6. The van der Waals surface area contributed by atoms with Gasteiger partial charge in [0.25, 0.3) is 0 Å². The summed E-state index contributed by atoms with van der Waals surface area (Å²) in [7, 11) is 0.219. The van der Waals surface area contributed by atoms with Crippen molar-refractivity contribution in [2.24, 2.45) is 0 Å². The zero-order valence-corrected chi connectivity index (χ0v) is 24.1. The number of nitrogens with one attached hydrogen (secondary N) is 2. The van der Waals surface area contributed by atoms with Gasteiger partial charge in [0.05, 0.1) is 28.2 Å². The minimum absolute atomic E-state index is 0.0677. The highest BCUT2D eigenvalue weighted by atomic mass is 32.2. The largest absolute Gasteiger partial charge is 0.418 e. The molecule has 2 aromatic carbocycles. The third kappa shape index (κ3) is 7.72. The second kappa shape index (κ2) is 12.1. The van der Waals surface area contributed by atoms with Crippen LogP contribution in [0.1, 0.15) is 36.9 Å². The highest BCUT2D eigenvalue weighted by Gasteiger charge is 2.34. The van der Waals surface area contributed by atoms with E-state index in [4.69, 9.17) is 0 Å². The normalized spacial score (nSPS) is 18.1. The molecule has 3 aromatic rings. The lowest BCUT2D eigenvalue weighted by molar-refractivity contribution is -0.140. The summed E-state index contributed by atoms with van der Waals surface area (Å²) in [6.07, 6.45) is -4.71. The fourth-order valence-corrected chi connectivity index (χ4v) is 5.88. The van der Waals surface area contributed by atoms with Crippen molar-refractivity contribution in [3.8, 4) is 11.8 Å². The third-order valence-electron chi connectivity index (χ3n) is 7.38. The summed E-state index contributed by atoms with van der Waals surface area (Å²) < 4.78 is 106. The Hall–Kier alpha value is -3.37. The van der Waals surface area contributed by atoms with Crippen molar-refractivity contribution in [1.29, 1.82) is 0 Å². The molecule has 1 heterocycles. The number of aromatic nitrogens is 1. The lowest BCUT2D eigenvalue weighted by atomic mass is 9.90. The van der Waals surface area contributed by atoms with E-state index in [2.05, 4.69) is 27.4 Å². The van der Waals surface area contributed by atoms with E-state index in [0.29, 0.717) is 28.7 Å². The summed E-state index contributed by atoms with van der Waals surface area (Å²) >= 11 is 0. The van der Waals surface area contributed by atoms with Crippen LogP contribution in [-0.4, -0.2) is 63.0 Å². The zero-order valence-electron chi connectivity index (χ0n) is 23.3. The molecule has 0 atom stereocenters. The van der Waals surface area contributed by atoms with E-state index in [1.165, 1.54) is 0 Å². The van der Waals surface area contributed by atoms with Gasteiger partial charge in [-0.25, -0.2) is 8.42 Å². The number of hydrogen-bond acceptors (Lipinski definition) is 5. The molecule has 1 aliphatic rings. The summed E-state index contributed by atoms with van der Waals surface area (Å²) in [6.45, 7) is -1.61. The van der Waals surface area contributed by atoms with Crippen LogP contribution >= 0.6 is 0 Å². The average molecular weight is 615 g/mol. The van der Waals surface area contributed by atoms with E-state index >= 15 is 0 Å². The van der Waals surface area contributed by atoms with Crippen molar-refractivity contribution in [3.05, 3.63) is 53.7 Å². The summed E-state index contributed by atoms with van der Waals surface area (Å²) in [5.74, 6) is 5.30. The van der Waals surface area contributed by atoms with Gasteiger partial charge in [0.2, 0.25) is 0 Å². The maximum absolute atomic E-state index is 13.6. The smallest absolute Gasteiger partial charge is 0.382 e. The summed E-state index contributed by atoms with van der Waals surface area (Å²) in [6, 6.07) is 9.88. The van der Waals surface area contributed by atoms with Crippen molar-refractivity contribution in [2.75, 3.05) is 37.5 Å². The first-order valence-corrected chi connectivity index (χ1v) is 15.2. The minimum Gasteiger partial charge on any atom is -0.382 e. The van der Waals surface area contributed by atoms with E-state index < -0.39 is 44.9 Å². The molecule has 4 rings (SSSR count). The first-order chi connectivity index (χ1) is 19.5. The Kier molecular flexibility index (Phi) is 9.08. The van der Waals surface area contributed by atoms with Crippen LogP contribution in [0.5, 0.6) is 0 Å². The van der Waals surface area contributed by atoms with Crippen molar-refractivity contribution < 1.29 is 34.8 Å². The molecule has 1 fully saturated rings. The molecular formula is C29H32F6N4O2S. The van der Waals surface area contributed by atoms with Gasteiger partial charge in [-0.15, -0.1) is 0 Å². The van der Waals surface area contributed by atoms with Gasteiger partial charge in [-0.2, -0.15) is 26.3 Å². The summed E-state index contributed by atoms with van der Waals surface area (Å²) in [5.41, 5.74) is -0.474. The highest BCUT2D eigenvalue weighted by Crippen LogP contribution is 2.36. The Labute approximate surface area is 241 Å². The lowest BCUT2D eigenvalue weighted by Gasteiger charge is -2.33. The second-order valence-corrected chi connectivity index (χ2v) is 12.7. The van der Waals surface area contributed by atoms with Gasteiger partial charge in [0, 0.05) is 35.1 Å². The Morgan fingerprint density at radius 1 is 0.976 bits per heavy atom. The molecular weight excluding hydrogens is 582 g/mol. The molecule has 1 saturated carbocycles. The van der Waals surface area contributed by atoms with Gasteiger partial charge in [-0.3, -0.25) is 0 Å². The molecule has 1 aliphatic carbocycles. The topological polar surface area (TPSA) is 66.4 Å². The molecule has 0 bridgehead atoms. The molecule has 228 valence electrons. The number of alkyl halides is 6. The molecule has 6 nitrogen and oxygen atoms in total. The van der Waals surface area contributed by atoms with Crippen molar-refractivity contribution in [1.82, 2.24) is 9.47 Å². The number of nitrogens with zero attached hydrogens (tertiary/aromatic N) is 2. The number of fused-ring (bicyclic) bond motifs is 1. The van der Waals surface area contributed by atoms with Gasteiger partial charge in [0.15, 0.2) is 9.84 Å². The molecule has 2 N–H and O–H groups in total. The van der Waals surface area contributed by atoms with E-state index in [1.54, 1.807) is 18.2 Å². The molecule has 0 aliphatic heterocycles. The van der Waals surface area contributed by atoms with Crippen LogP contribution in [0, 0.1) is 11.8 Å². The molecule has 42 heavy (non-hydrogen) atoms. The highest BCUT2D eigenvalue weighted by molar-refractivity contribution is 7.90. The Bertz CT molecular complexity index is 1590. The molecule has 0 radical (unpaired) electrons. The van der Waals surface area contributed by atoms with Crippen LogP contribution in [0.2, 0.25) is 0 Å². The molecule has 0 spiro atoms. The SMILES string of the molecule is CN(C)[C@H]1CC[C@@H](Nc2cccc3c2cc(C#CCNc2ccc(S(C)(=O)=O)cc2C(F)(F)F)n3CC(F)(F)F)CC1. The van der Waals surface area contributed by atoms with Crippen molar-refractivity contribution in [3.63, 3.8) is 0 Å². The van der Waals surface area contributed by atoms with E-state index in [9.17, 15) is 34.8 Å². The van der Waals surface area contributed by atoms with Gasteiger partial charge in [-0.1, -0.05) is 12.0 Å². The number of sulfone groups is 1. The average Bonchev–Trinajstić information content (AvgIpc) is 3.22. The standard InChI is InChI=1S/C29H32F6N4O2S/c1-38(2)20-11-9-19(10-12-20)37-25-7-4-8-27-23(25)16-21(39(27)18-28(30,31)32)6-5-15-36-26-14-13-22(42(3,40)41)17-24(26)29(33,34)35/h4,7-8,13-14,16-17,19-20,36-37H,9-12,15,18H2,1-3H3/t19-,20+. The van der Waals surface area contributed by atoms with E-state index in [1.807, 2.05) is 20.2 Å². The quantitative estimate of drug-likeness (QED) is 0.239. The zero-order chi connectivity index (χ0) is 30.9. The Morgan fingerprint density at radius 2 is 1.67 bits per heavy atom. The minimum atomic E-state index is -4.84. The fourth-order valence-electron chi connectivity index (χ4n) is 5.24. The van der Waals surface area contributed by atoms with Gasteiger partial charge < -0.3 is 20.1 Å². The predicted molar refractivity (Wildman–Crippen MR) is 151 cm³/mol. The van der Waals surface area contributed by atoms with Crippen LogP contribution in [0.15, 0.2) is 47.4 Å². The molecule has 0 unspecified atom stereocenters.